The normalized spacial score (nSPS) is 19.5. The van der Waals surface area contributed by atoms with E-state index >= 15 is 0 Å². The molecule has 1 aromatic heterocycles. The Labute approximate surface area is 169 Å². The summed E-state index contributed by atoms with van der Waals surface area (Å²) < 4.78 is 5.57. The molecule has 0 aromatic carbocycles. The van der Waals surface area contributed by atoms with Crippen LogP contribution in [0.2, 0.25) is 5.15 Å². The Bertz CT molecular complexity index is 569. The van der Waals surface area contributed by atoms with Crippen molar-refractivity contribution < 1.29 is 20.1 Å². The molecule has 27 heavy (non-hydrogen) atoms. The molecule has 0 amide bonds. The molecule has 1 heterocycles. The number of halogens is 1. The molecule has 0 saturated heterocycles. The van der Waals surface area contributed by atoms with Crippen molar-refractivity contribution in [1.82, 2.24) is 9.97 Å². The molecule has 1 aliphatic carbocycles. The molecule has 0 unspecified atom stereocenters. The SMILES string of the molecule is CC(C)(O)O.CCCSc1nc(Cl)c(N)c(N[C@H]2CC[C@@H](OCCO)C2)n1. The lowest BCUT2D eigenvalue weighted by Crippen LogP contribution is -2.20. The summed E-state index contributed by atoms with van der Waals surface area (Å²) in [6.45, 7) is 5.15. The van der Waals surface area contributed by atoms with E-state index in [4.69, 9.17) is 37.4 Å². The van der Waals surface area contributed by atoms with E-state index in [9.17, 15) is 0 Å². The largest absolute Gasteiger partial charge is 0.394 e. The minimum atomic E-state index is -1.50. The van der Waals surface area contributed by atoms with Gasteiger partial charge < -0.3 is 31.1 Å². The van der Waals surface area contributed by atoms with Gasteiger partial charge >= 0.3 is 0 Å². The molecule has 0 spiro atoms. The van der Waals surface area contributed by atoms with E-state index in [0.29, 0.717) is 28.4 Å². The molecule has 1 saturated carbocycles. The van der Waals surface area contributed by atoms with E-state index in [0.717, 1.165) is 31.4 Å². The van der Waals surface area contributed by atoms with Crippen molar-refractivity contribution in [2.45, 2.75) is 69.5 Å². The highest BCUT2D eigenvalue weighted by atomic mass is 35.5. The van der Waals surface area contributed by atoms with Crippen molar-refractivity contribution in [1.29, 1.82) is 0 Å². The number of nitrogens with two attached hydrogens (primary N) is 1. The maximum atomic E-state index is 8.80. The van der Waals surface area contributed by atoms with Crippen LogP contribution in [0.1, 0.15) is 46.5 Å². The lowest BCUT2D eigenvalue weighted by Gasteiger charge is -2.16. The van der Waals surface area contributed by atoms with Gasteiger partial charge in [0.25, 0.3) is 0 Å². The molecule has 156 valence electrons. The number of nitrogen functional groups attached to an aromatic ring is 1. The van der Waals surface area contributed by atoms with Gasteiger partial charge in [-0.2, -0.15) is 0 Å². The Morgan fingerprint density at radius 3 is 2.59 bits per heavy atom. The zero-order chi connectivity index (χ0) is 20.4. The van der Waals surface area contributed by atoms with Crippen LogP contribution in [0.15, 0.2) is 5.16 Å². The smallest absolute Gasteiger partial charge is 0.191 e. The number of aliphatic hydroxyl groups excluding tert-OH is 1. The van der Waals surface area contributed by atoms with Gasteiger partial charge in [-0.25, -0.2) is 9.97 Å². The molecule has 1 aromatic rings. The van der Waals surface area contributed by atoms with Crippen LogP contribution in [0, 0.1) is 0 Å². The van der Waals surface area contributed by atoms with Crippen LogP contribution in [-0.4, -0.2) is 62.2 Å². The molecular weight excluding hydrogens is 392 g/mol. The van der Waals surface area contributed by atoms with Gasteiger partial charge in [-0.1, -0.05) is 30.3 Å². The van der Waals surface area contributed by atoms with Crippen LogP contribution in [0.3, 0.4) is 0 Å². The van der Waals surface area contributed by atoms with E-state index in [1.54, 1.807) is 11.8 Å². The first-order chi connectivity index (χ1) is 12.6. The van der Waals surface area contributed by atoms with E-state index in [1.807, 2.05) is 0 Å². The number of anilines is 2. The van der Waals surface area contributed by atoms with Crippen molar-refractivity contribution in [3.8, 4) is 0 Å². The van der Waals surface area contributed by atoms with E-state index in [1.165, 1.54) is 13.8 Å². The molecule has 0 radical (unpaired) electrons. The molecule has 1 fully saturated rings. The number of nitrogens with one attached hydrogen (secondary N) is 1. The predicted molar refractivity (Wildman–Crippen MR) is 109 cm³/mol. The minimum absolute atomic E-state index is 0.0566. The summed E-state index contributed by atoms with van der Waals surface area (Å²) >= 11 is 7.67. The number of hydrogen-bond acceptors (Lipinski definition) is 9. The minimum Gasteiger partial charge on any atom is -0.394 e. The number of aliphatic hydroxyl groups is 3. The van der Waals surface area contributed by atoms with Crippen molar-refractivity contribution >= 4 is 34.9 Å². The summed E-state index contributed by atoms with van der Waals surface area (Å²) in [7, 11) is 0. The monoisotopic (exact) mass is 422 g/mol. The van der Waals surface area contributed by atoms with Gasteiger partial charge in [-0.3, -0.25) is 0 Å². The number of nitrogens with zero attached hydrogens (tertiary/aromatic N) is 2. The predicted octanol–water partition coefficient (Wildman–Crippen LogP) is 2.26. The maximum absolute atomic E-state index is 8.80. The number of hydrogen-bond donors (Lipinski definition) is 5. The summed E-state index contributed by atoms with van der Waals surface area (Å²) in [4.78, 5) is 8.67. The van der Waals surface area contributed by atoms with Crippen molar-refractivity contribution in [3.63, 3.8) is 0 Å². The highest BCUT2D eigenvalue weighted by Gasteiger charge is 2.26. The molecule has 0 aliphatic heterocycles. The highest BCUT2D eigenvalue weighted by Crippen LogP contribution is 2.31. The van der Waals surface area contributed by atoms with Gasteiger partial charge in [0.15, 0.2) is 21.9 Å². The lowest BCUT2D eigenvalue weighted by atomic mass is 10.2. The van der Waals surface area contributed by atoms with Gasteiger partial charge in [0.1, 0.15) is 5.69 Å². The first-order valence-corrected chi connectivity index (χ1v) is 10.4. The zero-order valence-electron chi connectivity index (χ0n) is 16.1. The topological polar surface area (TPSA) is 134 Å². The molecule has 1 aliphatic rings. The Morgan fingerprint density at radius 1 is 1.33 bits per heavy atom. The summed E-state index contributed by atoms with van der Waals surface area (Å²) in [6, 6.07) is 0.251. The first kappa shape index (κ1) is 24.2. The van der Waals surface area contributed by atoms with Gasteiger partial charge in [-0.05, 0) is 39.5 Å². The van der Waals surface area contributed by atoms with E-state index in [2.05, 4.69) is 22.2 Å². The van der Waals surface area contributed by atoms with E-state index in [-0.39, 0.29) is 18.8 Å². The third-order valence-corrected chi connectivity index (χ3v) is 4.83. The fourth-order valence-electron chi connectivity index (χ4n) is 2.43. The Kier molecular flexibility index (Phi) is 10.6. The third-order valence-electron chi connectivity index (χ3n) is 3.48. The van der Waals surface area contributed by atoms with Crippen LogP contribution in [0.4, 0.5) is 11.5 Å². The highest BCUT2D eigenvalue weighted by molar-refractivity contribution is 7.99. The lowest BCUT2D eigenvalue weighted by molar-refractivity contribution is -0.127. The first-order valence-electron chi connectivity index (χ1n) is 9.03. The summed E-state index contributed by atoms with van der Waals surface area (Å²) in [6.07, 6.45) is 4.05. The van der Waals surface area contributed by atoms with Crippen molar-refractivity contribution in [2.24, 2.45) is 0 Å². The van der Waals surface area contributed by atoms with Crippen molar-refractivity contribution in [2.75, 3.05) is 30.0 Å². The van der Waals surface area contributed by atoms with Crippen LogP contribution in [0.25, 0.3) is 0 Å². The Hall–Kier alpha value is -0.840. The van der Waals surface area contributed by atoms with Gasteiger partial charge in [0.05, 0.1) is 19.3 Å². The average Bonchev–Trinajstić information content (AvgIpc) is 3.01. The number of thioether (sulfide) groups is 1. The second-order valence-electron chi connectivity index (χ2n) is 6.77. The Balaban J connectivity index is 0.000000646. The Morgan fingerprint density at radius 2 is 2.00 bits per heavy atom. The fraction of sp³-hybridized carbons (Fsp3) is 0.765. The number of rotatable bonds is 8. The van der Waals surface area contributed by atoms with Crippen LogP contribution >= 0.6 is 23.4 Å². The van der Waals surface area contributed by atoms with Crippen molar-refractivity contribution in [3.05, 3.63) is 5.15 Å². The second kappa shape index (κ2) is 11.9. The third kappa shape index (κ3) is 10.3. The standard InChI is InChI=1S/C14H23ClN4O2S.C3H8O2/c1-2-7-22-14-18-12(15)11(16)13(19-14)17-9-3-4-10(8-9)21-6-5-20;1-3(2,4)5/h9-10,20H,2-8,16H2,1H3,(H,17,18,19);4-5H,1-2H3/t9-,10+;/m0./s1. The summed E-state index contributed by atoms with van der Waals surface area (Å²) in [5, 5.41) is 29.3. The quantitative estimate of drug-likeness (QED) is 0.185. The summed E-state index contributed by atoms with van der Waals surface area (Å²) in [5.74, 6) is 0.0478. The number of ether oxygens (including phenoxy) is 1. The van der Waals surface area contributed by atoms with Gasteiger partial charge in [0, 0.05) is 11.8 Å². The van der Waals surface area contributed by atoms with Gasteiger partial charge in [0.2, 0.25) is 0 Å². The molecule has 2 rings (SSSR count). The fourth-order valence-corrected chi connectivity index (χ4v) is 3.34. The van der Waals surface area contributed by atoms with Crippen LogP contribution in [-0.2, 0) is 4.74 Å². The maximum Gasteiger partial charge on any atom is 0.191 e. The summed E-state index contributed by atoms with van der Waals surface area (Å²) in [5.41, 5.74) is 6.37. The molecule has 10 heteroatoms. The number of aromatic nitrogens is 2. The van der Waals surface area contributed by atoms with Crippen LogP contribution in [0.5, 0.6) is 0 Å². The van der Waals surface area contributed by atoms with E-state index < -0.39 is 5.79 Å². The average molecular weight is 423 g/mol. The zero-order valence-corrected chi connectivity index (χ0v) is 17.7. The molecule has 8 nitrogen and oxygen atoms in total. The van der Waals surface area contributed by atoms with Crippen LogP contribution < -0.4 is 11.1 Å². The van der Waals surface area contributed by atoms with Gasteiger partial charge in [-0.15, -0.1) is 0 Å². The molecule has 0 bridgehead atoms. The second-order valence-corrected chi connectivity index (χ2v) is 8.19. The molecule has 2 atom stereocenters. The molecular formula is C17H31ClN4O4S. The molecule has 6 N–H and O–H groups in total.